The molecule has 0 radical (unpaired) electrons. The molecule has 8 nitrogen and oxygen atoms in total. The highest BCUT2D eigenvalue weighted by molar-refractivity contribution is 7.22. The lowest BCUT2D eigenvalue weighted by Gasteiger charge is -2.43. The summed E-state index contributed by atoms with van der Waals surface area (Å²) in [6.45, 7) is 6.65. The van der Waals surface area contributed by atoms with Gasteiger partial charge in [-0.25, -0.2) is 9.97 Å². The van der Waals surface area contributed by atoms with Crippen molar-refractivity contribution in [2.75, 3.05) is 42.9 Å². The van der Waals surface area contributed by atoms with Gasteiger partial charge in [-0.05, 0) is 36.8 Å². The van der Waals surface area contributed by atoms with Crippen LogP contribution in [0.15, 0.2) is 36.5 Å². The van der Waals surface area contributed by atoms with Crippen LogP contribution in [0.3, 0.4) is 0 Å². The van der Waals surface area contributed by atoms with E-state index in [0.29, 0.717) is 12.6 Å². The fourth-order valence-corrected chi connectivity index (χ4v) is 6.87. The molecular weight excluding hydrogens is 472 g/mol. The van der Waals surface area contributed by atoms with E-state index in [9.17, 15) is 9.90 Å². The van der Waals surface area contributed by atoms with E-state index in [1.54, 1.807) is 18.3 Å². The summed E-state index contributed by atoms with van der Waals surface area (Å²) in [5.41, 5.74) is 3.73. The second-order valence-electron chi connectivity index (χ2n) is 10.3. The number of nitrogens with one attached hydrogen (secondary N) is 1. The lowest BCUT2D eigenvalue weighted by molar-refractivity contribution is -0.129. The highest BCUT2D eigenvalue weighted by Gasteiger charge is 2.34. The number of aliphatic hydroxyl groups excluding tert-OH is 1. The molecule has 2 atom stereocenters. The minimum atomic E-state index is -0.402. The molecule has 2 aromatic heterocycles. The van der Waals surface area contributed by atoms with Crippen LogP contribution in [0.1, 0.15) is 37.3 Å². The number of aromatic nitrogens is 2. The lowest BCUT2D eigenvalue weighted by atomic mass is 9.94. The number of rotatable bonds is 4. The predicted molar refractivity (Wildman–Crippen MR) is 143 cm³/mol. The van der Waals surface area contributed by atoms with Crippen molar-refractivity contribution in [3.63, 3.8) is 0 Å². The largest absolute Gasteiger partial charge is 0.390 e. The summed E-state index contributed by atoms with van der Waals surface area (Å²) in [5, 5.41) is 15.6. The third kappa shape index (κ3) is 4.79. The van der Waals surface area contributed by atoms with Gasteiger partial charge in [0, 0.05) is 64.3 Å². The van der Waals surface area contributed by atoms with E-state index < -0.39 is 6.10 Å². The minimum absolute atomic E-state index is 0.155. The van der Waals surface area contributed by atoms with Gasteiger partial charge >= 0.3 is 0 Å². The first kappa shape index (κ1) is 23.6. The van der Waals surface area contributed by atoms with Crippen LogP contribution < -0.4 is 10.2 Å². The first-order valence-corrected chi connectivity index (χ1v) is 13.9. The molecule has 0 bridgehead atoms. The maximum Gasteiger partial charge on any atom is 0.219 e. The van der Waals surface area contributed by atoms with Crippen LogP contribution in [-0.4, -0.2) is 81.7 Å². The molecule has 2 fully saturated rings. The number of aliphatic hydroxyl groups is 1. The number of benzene rings is 1. The van der Waals surface area contributed by atoms with Crippen molar-refractivity contribution in [1.82, 2.24) is 19.8 Å². The molecule has 2 N–H and O–H groups in total. The number of pyridine rings is 1. The fraction of sp³-hybridized carbons (Fsp3) is 0.519. The minimum Gasteiger partial charge on any atom is -0.390 e. The summed E-state index contributed by atoms with van der Waals surface area (Å²) >= 11 is 1.65. The first-order valence-electron chi connectivity index (χ1n) is 13.1. The summed E-state index contributed by atoms with van der Waals surface area (Å²) in [6.07, 6.45) is 5.31. The van der Waals surface area contributed by atoms with Crippen molar-refractivity contribution >= 4 is 38.4 Å². The molecular formula is C27H34N6O2S. The summed E-state index contributed by atoms with van der Waals surface area (Å²) in [5.74, 6) is 1.07. The molecule has 6 rings (SSSR count). The van der Waals surface area contributed by atoms with E-state index in [2.05, 4.69) is 45.4 Å². The molecule has 3 aromatic rings. The van der Waals surface area contributed by atoms with Gasteiger partial charge in [-0.1, -0.05) is 35.6 Å². The molecule has 5 heterocycles. The Hall–Kier alpha value is -2.75. The molecule has 2 saturated heterocycles. The predicted octanol–water partition coefficient (Wildman–Crippen LogP) is 3.11. The molecule has 0 saturated carbocycles. The van der Waals surface area contributed by atoms with Crippen LogP contribution in [0.4, 0.5) is 10.9 Å². The summed E-state index contributed by atoms with van der Waals surface area (Å²) in [7, 11) is 0. The van der Waals surface area contributed by atoms with E-state index in [0.717, 1.165) is 79.6 Å². The third-order valence-electron chi connectivity index (χ3n) is 8.03. The molecule has 0 spiro atoms. The number of amides is 1. The Bertz CT molecular complexity index is 1240. The molecule has 36 heavy (non-hydrogen) atoms. The van der Waals surface area contributed by atoms with Crippen LogP contribution in [0.5, 0.6) is 0 Å². The Balaban J connectivity index is 1.08. The van der Waals surface area contributed by atoms with Crippen LogP contribution in [-0.2, 0) is 17.8 Å². The Kier molecular flexibility index (Phi) is 6.54. The van der Waals surface area contributed by atoms with Crippen molar-refractivity contribution in [1.29, 1.82) is 0 Å². The Morgan fingerprint density at radius 3 is 2.69 bits per heavy atom. The Morgan fingerprint density at radius 1 is 1.11 bits per heavy atom. The van der Waals surface area contributed by atoms with E-state index in [1.165, 1.54) is 11.1 Å². The number of hydrogen-bond donors (Lipinski definition) is 2. The zero-order valence-electron chi connectivity index (χ0n) is 20.8. The number of piperidine rings is 2. The third-order valence-corrected chi connectivity index (χ3v) is 8.98. The first-order chi connectivity index (χ1) is 17.5. The van der Waals surface area contributed by atoms with Crippen LogP contribution >= 0.6 is 11.3 Å². The Labute approximate surface area is 215 Å². The van der Waals surface area contributed by atoms with Crippen molar-refractivity contribution in [3.8, 4) is 0 Å². The SMILES string of the molecule is CC(=O)N1CCC(Nc2nc3cnc(N4CC[C@H](N5CCc6ccccc6C5)[C@@H](O)C4)cc3s2)CC1. The van der Waals surface area contributed by atoms with Gasteiger partial charge in [-0.15, -0.1) is 0 Å². The topological polar surface area (TPSA) is 84.8 Å². The molecule has 9 heteroatoms. The number of nitrogens with zero attached hydrogens (tertiary/aromatic N) is 5. The Morgan fingerprint density at radius 2 is 1.92 bits per heavy atom. The number of carbonyl (C=O) groups is 1. The molecule has 3 aliphatic rings. The second-order valence-corrected chi connectivity index (χ2v) is 11.3. The van der Waals surface area contributed by atoms with Crippen molar-refractivity contribution in [2.45, 2.75) is 57.3 Å². The molecule has 1 aromatic carbocycles. The maximum atomic E-state index is 11.6. The van der Waals surface area contributed by atoms with Gasteiger partial charge < -0.3 is 20.2 Å². The normalized spacial score (nSPS) is 23.6. The van der Waals surface area contributed by atoms with Gasteiger partial charge in [-0.3, -0.25) is 9.69 Å². The summed E-state index contributed by atoms with van der Waals surface area (Å²) in [6, 6.07) is 11.3. The monoisotopic (exact) mass is 506 g/mol. The lowest BCUT2D eigenvalue weighted by Crippen LogP contribution is -2.55. The van der Waals surface area contributed by atoms with Gasteiger partial charge in [0.1, 0.15) is 11.3 Å². The highest BCUT2D eigenvalue weighted by atomic mass is 32.1. The van der Waals surface area contributed by atoms with Crippen LogP contribution in [0, 0.1) is 0 Å². The average Bonchev–Trinajstić information content (AvgIpc) is 3.30. The molecule has 3 aliphatic heterocycles. The number of carbonyl (C=O) groups excluding carboxylic acids is 1. The van der Waals surface area contributed by atoms with Gasteiger partial charge in [0.15, 0.2) is 5.13 Å². The van der Waals surface area contributed by atoms with Crippen LogP contribution in [0.25, 0.3) is 10.2 Å². The second kappa shape index (κ2) is 9.95. The van der Waals surface area contributed by atoms with Gasteiger partial charge in [0.2, 0.25) is 5.91 Å². The van der Waals surface area contributed by atoms with E-state index in [4.69, 9.17) is 9.97 Å². The van der Waals surface area contributed by atoms with Crippen molar-refractivity contribution < 1.29 is 9.90 Å². The molecule has 190 valence electrons. The molecule has 0 unspecified atom stereocenters. The quantitative estimate of drug-likeness (QED) is 0.563. The number of thiazole rings is 1. The number of hydrogen-bond acceptors (Lipinski definition) is 8. The molecule has 1 amide bonds. The number of anilines is 2. The van der Waals surface area contributed by atoms with Crippen LogP contribution in [0.2, 0.25) is 0 Å². The van der Waals surface area contributed by atoms with Crippen molar-refractivity contribution in [2.24, 2.45) is 0 Å². The van der Waals surface area contributed by atoms with E-state index >= 15 is 0 Å². The zero-order valence-corrected chi connectivity index (χ0v) is 21.6. The summed E-state index contributed by atoms with van der Waals surface area (Å²) in [4.78, 5) is 27.6. The average molecular weight is 507 g/mol. The number of likely N-dealkylation sites (tertiary alicyclic amines) is 1. The van der Waals surface area contributed by atoms with E-state index in [-0.39, 0.29) is 11.9 Å². The fourth-order valence-electron chi connectivity index (χ4n) is 5.92. The highest BCUT2D eigenvalue weighted by Crippen LogP contribution is 2.32. The maximum absolute atomic E-state index is 11.6. The number of fused-ring (bicyclic) bond motifs is 2. The van der Waals surface area contributed by atoms with Gasteiger partial charge in [-0.2, -0.15) is 0 Å². The van der Waals surface area contributed by atoms with Crippen molar-refractivity contribution in [3.05, 3.63) is 47.7 Å². The van der Waals surface area contributed by atoms with Gasteiger partial charge in [0.25, 0.3) is 0 Å². The smallest absolute Gasteiger partial charge is 0.219 e. The molecule has 0 aliphatic carbocycles. The van der Waals surface area contributed by atoms with E-state index in [1.807, 2.05) is 11.1 Å². The standard InChI is InChI=1S/C27H34N6O2S/c1-18(34)31-11-7-21(8-12-31)29-27-30-22-15-28-26(14-25(22)36-27)33-13-9-23(24(35)17-33)32-10-6-19-4-2-3-5-20(19)16-32/h2-5,14-15,21,23-24,35H,6-13,16-17H2,1H3,(H,29,30)/t23-,24-/m0/s1. The number of β-amino-alcohol motifs (C(OH)–C–C–N with tert-alkyl or cyclic N) is 1. The zero-order chi connectivity index (χ0) is 24.6. The van der Waals surface area contributed by atoms with Gasteiger partial charge in [0.05, 0.1) is 17.0 Å². The summed E-state index contributed by atoms with van der Waals surface area (Å²) < 4.78 is 1.10.